The minimum absolute atomic E-state index is 0.0295. The van der Waals surface area contributed by atoms with Crippen LogP contribution in [0.15, 0.2) is 34.1 Å². The van der Waals surface area contributed by atoms with E-state index in [-0.39, 0.29) is 35.0 Å². The number of sulfonamides is 1. The molecule has 2 heterocycles. The van der Waals surface area contributed by atoms with Gasteiger partial charge in [-0.1, -0.05) is 6.92 Å². The van der Waals surface area contributed by atoms with Gasteiger partial charge in [-0.25, -0.2) is 8.42 Å². The Morgan fingerprint density at radius 2 is 2.04 bits per heavy atom. The number of H-pyrrole nitrogens is 1. The molecule has 1 aliphatic rings. The Morgan fingerprint density at radius 3 is 2.70 bits per heavy atom. The number of carbonyl (C=O) groups excluding carboxylic acids is 1. The molecule has 146 valence electrons. The summed E-state index contributed by atoms with van der Waals surface area (Å²) in [6.07, 6.45) is 2.09. The van der Waals surface area contributed by atoms with Crippen LogP contribution in [0.1, 0.15) is 30.6 Å². The van der Waals surface area contributed by atoms with E-state index in [1.165, 1.54) is 22.6 Å². The third kappa shape index (κ3) is 3.90. The van der Waals surface area contributed by atoms with Crippen LogP contribution in [0.5, 0.6) is 0 Å². The molecule has 2 N–H and O–H groups in total. The second-order valence-electron chi connectivity index (χ2n) is 6.54. The first-order chi connectivity index (χ1) is 12.8. The zero-order valence-electron chi connectivity index (χ0n) is 15.3. The fourth-order valence-corrected chi connectivity index (χ4v) is 4.30. The first-order valence-electron chi connectivity index (χ1n) is 8.88. The summed E-state index contributed by atoms with van der Waals surface area (Å²) in [5, 5.41) is 2.92. The zero-order valence-corrected chi connectivity index (χ0v) is 16.1. The van der Waals surface area contributed by atoms with Gasteiger partial charge in [0.05, 0.1) is 18.1 Å². The van der Waals surface area contributed by atoms with E-state index in [9.17, 15) is 18.0 Å². The molecule has 27 heavy (non-hydrogen) atoms. The first kappa shape index (κ1) is 19.5. The van der Waals surface area contributed by atoms with Crippen LogP contribution in [-0.4, -0.2) is 56.0 Å². The largest absolute Gasteiger partial charge is 0.379 e. The van der Waals surface area contributed by atoms with Gasteiger partial charge in [0.15, 0.2) is 0 Å². The molecule has 0 aliphatic carbocycles. The highest BCUT2D eigenvalue weighted by Crippen LogP contribution is 2.20. The summed E-state index contributed by atoms with van der Waals surface area (Å²) in [4.78, 5) is 28.1. The van der Waals surface area contributed by atoms with Gasteiger partial charge in [0.1, 0.15) is 5.56 Å². The quantitative estimate of drug-likeness (QED) is 0.790. The lowest BCUT2D eigenvalue weighted by Crippen LogP contribution is -2.40. The Labute approximate surface area is 157 Å². The van der Waals surface area contributed by atoms with Crippen molar-refractivity contribution in [2.24, 2.45) is 0 Å². The molecule has 1 atom stereocenters. The molecular formula is C18H23N3O5S. The van der Waals surface area contributed by atoms with Crippen LogP contribution in [0, 0.1) is 0 Å². The van der Waals surface area contributed by atoms with E-state index in [4.69, 9.17) is 4.74 Å². The smallest absolute Gasteiger partial charge is 0.256 e. The fraction of sp³-hybridized carbons (Fsp3) is 0.444. The highest BCUT2D eigenvalue weighted by atomic mass is 32.2. The van der Waals surface area contributed by atoms with Crippen LogP contribution in [0.4, 0.5) is 0 Å². The molecule has 8 nitrogen and oxygen atoms in total. The van der Waals surface area contributed by atoms with Crippen molar-refractivity contribution in [1.82, 2.24) is 14.6 Å². The molecule has 1 aromatic heterocycles. The van der Waals surface area contributed by atoms with Crippen LogP contribution in [0.25, 0.3) is 10.9 Å². The lowest BCUT2D eigenvalue weighted by atomic mass is 10.1. The standard InChI is InChI=1S/C18H23N3O5S/c1-3-12(2)20-18(23)15-11-19-16-5-4-13(10-14(16)17(15)22)27(24,25)21-6-8-26-9-7-21/h4-5,10-12H,3,6-9H2,1-2H3,(H,19,22)(H,20,23). The molecule has 1 aromatic carbocycles. The molecular weight excluding hydrogens is 370 g/mol. The van der Waals surface area contributed by atoms with Gasteiger partial charge in [-0.2, -0.15) is 4.31 Å². The van der Waals surface area contributed by atoms with Gasteiger partial charge in [0.25, 0.3) is 5.91 Å². The molecule has 9 heteroatoms. The number of aromatic nitrogens is 1. The van der Waals surface area contributed by atoms with E-state index >= 15 is 0 Å². The molecule has 1 amide bonds. The number of fused-ring (bicyclic) bond motifs is 1. The predicted molar refractivity (Wildman–Crippen MR) is 101 cm³/mol. The molecule has 1 aliphatic heterocycles. The van der Waals surface area contributed by atoms with Crippen molar-refractivity contribution >= 4 is 26.8 Å². The summed E-state index contributed by atoms with van der Waals surface area (Å²) < 4.78 is 32.2. The van der Waals surface area contributed by atoms with Crippen molar-refractivity contribution in [3.63, 3.8) is 0 Å². The monoisotopic (exact) mass is 393 g/mol. The number of rotatable bonds is 5. The van der Waals surface area contributed by atoms with Gasteiger partial charge >= 0.3 is 0 Å². The van der Waals surface area contributed by atoms with Crippen molar-refractivity contribution < 1.29 is 17.9 Å². The van der Waals surface area contributed by atoms with Gasteiger partial charge < -0.3 is 15.0 Å². The summed E-state index contributed by atoms with van der Waals surface area (Å²) in [6.45, 7) is 5.00. The van der Waals surface area contributed by atoms with Gasteiger partial charge in [-0.3, -0.25) is 9.59 Å². The third-order valence-corrected chi connectivity index (χ3v) is 6.59. The summed E-state index contributed by atoms with van der Waals surface area (Å²) in [5.41, 5.74) is -0.0617. The Balaban J connectivity index is 2.02. The minimum Gasteiger partial charge on any atom is -0.379 e. The van der Waals surface area contributed by atoms with Gasteiger partial charge in [-0.15, -0.1) is 0 Å². The number of hydrogen-bond donors (Lipinski definition) is 2. The lowest BCUT2D eigenvalue weighted by molar-refractivity contribution is 0.0730. The van der Waals surface area contributed by atoms with Crippen molar-refractivity contribution in [2.45, 2.75) is 31.2 Å². The van der Waals surface area contributed by atoms with Gasteiger partial charge in [0, 0.05) is 36.2 Å². The number of morpholine rings is 1. The molecule has 0 bridgehead atoms. The molecule has 1 unspecified atom stereocenters. The molecule has 0 saturated carbocycles. The Kier molecular flexibility index (Phi) is 5.64. The van der Waals surface area contributed by atoms with Crippen molar-refractivity contribution in [2.75, 3.05) is 26.3 Å². The van der Waals surface area contributed by atoms with E-state index in [1.807, 2.05) is 13.8 Å². The molecule has 0 spiro atoms. The Bertz CT molecular complexity index is 1010. The second kappa shape index (κ2) is 7.79. The molecule has 1 saturated heterocycles. The maximum Gasteiger partial charge on any atom is 0.256 e. The summed E-state index contributed by atoms with van der Waals surface area (Å²) >= 11 is 0. The third-order valence-electron chi connectivity index (χ3n) is 4.69. The van der Waals surface area contributed by atoms with Crippen molar-refractivity contribution in [3.8, 4) is 0 Å². The number of amides is 1. The number of nitrogens with one attached hydrogen (secondary N) is 2. The molecule has 3 rings (SSSR count). The maximum atomic E-state index is 12.8. The average molecular weight is 393 g/mol. The van der Waals surface area contributed by atoms with Gasteiger partial charge in [0.2, 0.25) is 15.5 Å². The number of pyridine rings is 1. The number of benzene rings is 1. The number of aromatic amines is 1. The normalized spacial score (nSPS) is 17.0. The van der Waals surface area contributed by atoms with E-state index in [0.717, 1.165) is 6.42 Å². The fourth-order valence-electron chi connectivity index (χ4n) is 2.87. The van der Waals surface area contributed by atoms with E-state index < -0.39 is 21.4 Å². The van der Waals surface area contributed by atoms with Crippen LogP contribution in [0.3, 0.4) is 0 Å². The zero-order chi connectivity index (χ0) is 19.6. The summed E-state index contributed by atoms with van der Waals surface area (Å²) in [6, 6.07) is 4.27. The highest BCUT2D eigenvalue weighted by molar-refractivity contribution is 7.89. The topological polar surface area (TPSA) is 109 Å². The van der Waals surface area contributed by atoms with Crippen LogP contribution in [-0.2, 0) is 14.8 Å². The molecule has 0 radical (unpaired) electrons. The highest BCUT2D eigenvalue weighted by Gasteiger charge is 2.27. The van der Waals surface area contributed by atoms with E-state index in [1.54, 1.807) is 6.07 Å². The number of ether oxygens (including phenoxy) is 1. The number of nitrogens with zero attached hydrogens (tertiary/aromatic N) is 1. The van der Waals surface area contributed by atoms with E-state index in [0.29, 0.717) is 18.7 Å². The van der Waals surface area contributed by atoms with Crippen LogP contribution in [0.2, 0.25) is 0 Å². The maximum absolute atomic E-state index is 12.8. The number of hydrogen-bond acceptors (Lipinski definition) is 5. The Hall–Kier alpha value is -2.23. The molecule has 1 fully saturated rings. The molecule has 2 aromatic rings. The second-order valence-corrected chi connectivity index (χ2v) is 8.48. The average Bonchev–Trinajstić information content (AvgIpc) is 2.68. The SMILES string of the molecule is CCC(C)NC(=O)c1c[nH]c2ccc(S(=O)(=O)N3CCOCC3)cc2c1=O. The van der Waals surface area contributed by atoms with Crippen molar-refractivity contribution in [3.05, 3.63) is 40.2 Å². The Morgan fingerprint density at radius 1 is 1.33 bits per heavy atom. The first-order valence-corrected chi connectivity index (χ1v) is 10.3. The van der Waals surface area contributed by atoms with Crippen LogP contribution >= 0.6 is 0 Å². The summed E-state index contributed by atoms with van der Waals surface area (Å²) in [5.74, 6) is -0.478. The summed E-state index contributed by atoms with van der Waals surface area (Å²) in [7, 11) is -3.73. The number of carbonyl (C=O) groups is 1. The van der Waals surface area contributed by atoms with E-state index in [2.05, 4.69) is 10.3 Å². The van der Waals surface area contributed by atoms with Gasteiger partial charge in [-0.05, 0) is 31.5 Å². The minimum atomic E-state index is -3.73. The predicted octanol–water partition coefficient (Wildman–Crippen LogP) is 1.08. The van der Waals surface area contributed by atoms with Crippen LogP contribution < -0.4 is 10.7 Å². The lowest BCUT2D eigenvalue weighted by Gasteiger charge is -2.26. The van der Waals surface area contributed by atoms with Crippen molar-refractivity contribution in [1.29, 1.82) is 0 Å².